The molecule has 1 aliphatic rings. The molecule has 2 rings (SSSR count). The highest BCUT2D eigenvalue weighted by Gasteiger charge is 2.24. The van der Waals surface area contributed by atoms with Crippen molar-refractivity contribution in [1.29, 1.82) is 0 Å². The molecule has 0 aromatic heterocycles. The van der Waals surface area contributed by atoms with Gasteiger partial charge >= 0.3 is 0 Å². The molecular formula is C15H24N2. The number of hydrogen-bond donors (Lipinski definition) is 1. The summed E-state index contributed by atoms with van der Waals surface area (Å²) in [6.45, 7) is 6.57. The van der Waals surface area contributed by atoms with Crippen LogP contribution < -0.4 is 10.6 Å². The third kappa shape index (κ3) is 3.22. The zero-order valence-electron chi connectivity index (χ0n) is 11.0. The summed E-state index contributed by atoms with van der Waals surface area (Å²) in [7, 11) is 0. The fourth-order valence-electron chi connectivity index (χ4n) is 2.83. The van der Waals surface area contributed by atoms with Crippen molar-refractivity contribution in [3.05, 3.63) is 29.8 Å². The Hall–Kier alpha value is -1.02. The third-order valence-electron chi connectivity index (χ3n) is 3.67. The van der Waals surface area contributed by atoms with Gasteiger partial charge in [0.1, 0.15) is 0 Å². The average Bonchev–Trinajstić information content (AvgIpc) is 2.29. The van der Waals surface area contributed by atoms with Crippen LogP contribution >= 0.6 is 0 Å². The Morgan fingerprint density at radius 3 is 2.59 bits per heavy atom. The molecule has 1 fully saturated rings. The smallest absolute Gasteiger partial charge is 0.0367 e. The minimum atomic E-state index is 0.335. The van der Waals surface area contributed by atoms with Crippen LogP contribution in [0, 0.1) is 12.8 Å². The molecule has 0 spiro atoms. The van der Waals surface area contributed by atoms with Crippen LogP contribution in [0.2, 0.25) is 0 Å². The van der Waals surface area contributed by atoms with Gasteiger partial charge in [0, 0.05) is 24.8 Å². The summed E-state index contributed by atoms with van der Waals surface area (Å²) in [6.07, 6.45) is 3.76. The first-order valence-electron chi connectivity index (χ1n) is 6.76. The molecule has 1 aromatic rings. The fraction of sp³-hybridized carbons (Fsp3) is 0.600. The second kappa shape index (κ2) is 5.54. The Kier molecular flexibility index (Phi) is 4.06. The van der Waals surface area contributed by atoms with Crippen molar-refractivity contribution < 1.29 is 0 Å². The highest BCUT2D eigenvalue weighted by Crippen LogP contribution is 2.25. The second-order valence-corrected chi connectivity index (χ2v) is 5.39. The van der Waals surface area contributed by atoms with Gasteiger partial charge < -0.3 is 10.6 Å². The van der Waals surface area contributed by atoms with Crippen molar-refractivity contribution in [2.75, 3.05) is 18.0 Å². The van der Waals surface area contributed by atoms with Crippen LogP contribution in [0.25, 0.3) is 0 Å². The zero-order chi connectivity index (χ0) is 12.3. The molecule has 1 aromatic carbocycles. The van der Waals surface area contributed by atoms with E-state index in [1.807, 2.05) is 0 Å². The molecule has 0 aliphatic carbocycles. The van der Waals surface area contributed by atoms with E-state index >= 15 is 0 Å². The molecule has 0 saturated carbocycles. The molecule has 17 heavy (non-hydrogen) atoms. The molecule has 2 unspecified atom stereocenters. The van der Waals surface area contributed by atoms with Crippen molar-refractivity contribution in [3.63, 3.8) is 0 Å². The van der Waals surface area contributed by atoms with Gasteiger partial charge in [-0.25, -0.2) is 0 Å². The van der Waals surface area contributed by atoms with Crippen molar-refractivity contribution in [2.45, 2.75) is 39.2 Å². The van der Waals surface area contributed by atoms with Gasteiger partial charge in [-0.2, -0.15) is 0 Å². The van der Waals surface area contributed by atoms with E-state index in [9.17, 15) is 0 Å². The minimum Gasteiger partial charge on any atom is -0.370 e. The second-order valence-electron chi connectivity index (χ2n) is 5.39. The Morgan fingerprint density at radius 1 is 1.24 bits per heavy atom. The van der Waals surface area contributed by atoms with E-state index in [-0.39, 0.29) is 0 Å². The normalized spacial score (nSPS) is 25.0. The number of nitrogens with two attached hydrogens (primary N) is 1. The Labute approximate surface area is 105 Å². The van der Waals surface area contributed by atoms with Gasteiger partial charge in [0.15, 0.2) is 0 Å². The van der Waals surface area contributed by atoms with E-state index in [2.05, 4.69) is 43.0 Å². The van der Waals surface area contributed by atoms with Crippen LogP contribution in [-0.2, 0) is 0 Å². The summed E-state index contributed by atoms with van der Waals surface area (Å²) in [5.74, 6) is 0.769. The van der Waals surface area contributed by atoms with Crippen molar-refractivity contribution in [3.8, 4) is 0 Å². The average molecular weight is 232 g/mol. The van der Waals surface area contributed by atoms with E-state index in [4.69, 9.17) is 5.73 Å². The van der Waals surface area contributed by atoms with Gasteiger partial charge in [-0.3, -0.25) is 0 Å². The number of rotatable bonds is 3. The van der Waals surface area contributed by atoms with Crippen molar-refractivity contribution in [1.82, 2.24) is 0 Å². The molecule has 1 saturated heterocycles. The predicted molar refractivity (Wildman–Crippen MR) is 74.4 cm³/mol. The van der Waals surface area contributed by atoms with Gasteiger partial charge in [-0.1, -0.05) is 31.0 Å². The largest absolute Gasteiger partial charge is 0.370 e. The first-order chi connectivity index (χ1) is 8.19. The van der Waals surface area contributed by atoms with Gasteiger partial charge in [0.2, 0.25) is 0 Å². The lowest BCUT2D eigenvalue weighted by Crippen LogP contribution is -2.47. The summed E-state index contributed by atoms with van der Waals surface area (Å²) in [5, 5.41) is 0. The minimum absolute atomic E-state index is 0.335. The molecule has 2 nitrogen and oxygen atoms in total. The maximum atomic E-state index is 6.17. The maximum absolute atomic E-state index is 6.17. The molecule has 2 N–H and O–H groups in total. The lowest BCUT2D eigenvalue weighted by molar-refractivity contribution is 0.355. The molecule has 1 heterocycles. The lowest BCUT2D eigenvalue weighted by Gasteiger charge is -2.38. The summed E-state index contributed by atoms with van der Waals surface area (Å²) in [6, 6.07) is 9.14. The molecule has 0 bridgehead atoms. The summed E-state index contributed by atoms with van der Waals surface area (Å²) in [5.41, 5.74) is 8.82. The molecule has 2 heteroatoms. The molecule has 0 amide bonds. The van der Waals surface area contributed by atoms with Gasteiger partial charge in [-0.15, -0.1) is 0 Å². The van der Waals surface area contributed by atoms with Crippen LogP contribution in [-0.4, -0.2) is 19.1 Å². The van der Waals surface area contributed by atoms with Crippen LogP contribution in [0.4, 0.5) is 5.69 Å². The maximum Gasteiger partial charge on any atom is 0.0367 e. The van der Waals surface area contributed by atoms with Gasteiger partial charge in [-0.05, 0) is 37.8 Å². The summed E-state index contributed by atoms with van der Waals surface area (Å²) in [4.78, 5) is 2.45. The van der Waals surface area contributed by atoms with E-state index in [0.717, 1.165) is 12.5 Å². The molecule has 2 atom stereocenters. The molecule has 0 radical (unpaired) electrons. The zero-order valence-corrected chi connectivity index (χ0v) is 11.0. The Bertz CT molecular complexity index is 344. The van der Waals surface area contributed by atoms with Crippen LogP contribution in [0.3, 0.4) is 0 Å². The van der Waals surface area contributed by atoms with Crippen molar-refractivity contribution in [2.24, 2.45) is 11.7 Å². The Morgan fingerprint density at radius 2 is 1.94 bits per heavy atom. The third-order valence-corrected chi connectivity index (χ3v) is 3.67. The predicted octanol–water partition coefficient (Wildman–Crippen LogP) is 2.95. The molecular weight excluding hydrogens is 208 g/mol. The monoisotopic (exact) mass is 232 g/mol. The first-order valence-corrected chi connectivity index (χ1v) is 6.76. The highest BCUT2D eigenvalue weighted by molar-refractivity contribution is 5.48. The summed E-state index contributed by atoms with van der Waals surface area (Å²) >= 11 is 0. The standard InChI is InChI=1S/C15H24N2/c1-3-4-13-9-14(16)11-17(10-13)15-7-5-12(2)6-8-15/h5-8,13-14H,3-4,9-11,16H2,1-2H3. The number of hydrogen-bond acceptors (Lipinski definition) is 2. The Balaban J connectivity index is 2.06. The van der Waals surface area contributed by atoms with Crippen molar-refractivity contribution >= 4 is 5.69 Å². The van der Waals surface area contributed by atoms with Crippen LogP contribution in [0.15, 0.2) is 24.3 Å². The highest BCUT2D eigenvalue weighted by atomic mass is 15.2. The van der Waals surface area contributed by atoms with E-state index in [0.29, 0.717) is 6.04 Å². The number of anilines is 1. The first kappa shape index (κ1) is 12.4. The van der Waals surface area contributed by atoms with E-state index < -0.39 is 0 Å². The summed E-state index contributed by atoms with van der Waals surface area (Å²) < 4.78 is 0. The number of nitrogens with zero attached hydrogens (tertiary/aromatic N) is 1. The lowest BCUT2D eigenvalue weighted by atomic mass is 9.90. The SMILES string of the molecule is CCCC1CC(N)CN(c2ccc(C)cc2)C1. The van der Waals surface area contributed by atoms with E-state index in [1.54, 1.807) is 0 Å². The van der Waals surface area contributed by atoms with E-state index in [1.165, 1.54) is 37.1 Å². The number of piperidine rings is 1. The number of benzene rings is 1. The molecule has 94 valence electrons. The topological polar surface area (TPSA) is 29.3 Å². The van der Waals surface area contributed by atoms with Gasteiger partial charge in [0.05, 0.1) is 0 Å². The number of aryl methyl sites for hydroxylation is 1. The fourth-order valence-corrected chi connectivity index (χ4v) is 2.83. The quantitative estimate of drug-likeness (QED) is 0.868. The van der Waals surface area contributed by atoms with Crippen LogP contribution in [0.1, 0.15) is 31.7 Å². The van der Waals surface area contributed by atoms with Crippen LogP contribution in [0.5, 0.6) is 0 Å². The van der Waals surface area contributed by atoms with Gasteiger partial charge in [0.25, 0.3) is 0 Å². The molecule has 1 aliphatic heterocycles.